The predicted octanol–water partition coefficient (Wildman–Crippen LogP) is 4.96. The van der Waals surface area contributed by atoms with Gasteiger partial charge in [-0.25, -0.2) is 0 Å². The van der Waals surface area contributed by atoms with E-state index >= 15 is 0 Å². The highest BCUT2D eigenvalue weighted by molar-refractivity contribution is 6.05. The zero-order valence-corrected chi connectivity index (χ0v) is 17.0. The van der Waals surface area contributed by atoms with Crippen molar-refractivity contribution in [2.24, 2.45) is 0 Å². The van der Waals surface area contributed by atoms with Gasteiger partial charge in [0.1, 0.15) is 0 Å². The van der Waals surface area contributed by atoms with Crippen LogP contribution in [0.15, 0.2) is 54.9 Å². The summed E-state index contributed by atoms with van der Waals surface area (Å²) in [7, 11) is 0. The zero-order valence-electron chi connectivity index (χ0n) is 17.0. The summed E-state index contributed by atoms with van der Waals surface area (Å²) in [5.41, 5.74) is 6.74. The molecule has 29 heavy (non-hydrogen) atoms. The van der Waals surface area contributed by atoms with E-state index in [4.69, 9.17) is 0 Å². The molecule has 0 saturated heterocycles. The molecule has 0 aliphatic carbocycles. The monoisotopic (exact) mass is 388 g/mol. The van der Waals surface area contributed by atoms with E-state index in [-0.39, 0.29) is 11.8 Å². The molecule has 3 N–H and O–H groups in total. The number of anilines is 4. The van der Waals surface area contributed by atoms with Gasteiger partial charge in [-0.15, -0.1) is 0 Å². The summed E-state index contributed by atoms with van der Waals surface area (Å²) in [6, 6.07) is 13.1. The third-order valence-electron chi connectivity index (χ3n) is 4.41. The van der Waals surface area contributed by atoms with Gasteiger partial charge in [0.05, 0.1) is 17.4 Å². The second kappa shape index (κ2) is 8.56. The number of carbonyl (C=O) groups excluding carboxylic acids is 2. The molecule has 2 amide bonds. The van der Waals surface area contributed by atoms with Crippen molar-refractivity contribution in [2.75, 3.05) is 16.0 Å². The van der Waals surface area contributed by atoms with E-state index in [2.05, 4.69) is 20.9 Å². The first-order chi connectivity index (χ1) is 13.8. The highest BCUT2D eigenvalue weighted by Gasteiger charge is 2.11. The number of pyridine rings is 1. The molecular formula is C23H24N4O2. The van der Waals surface area contributed by atoms with E-state index in [1.54, 1.807) is 30.6 Å². The number of nitrogens with zero attached hydrogens (tertiary/aromatic N) is 1. The topological polar surface area (TPSA) is 83.1 Å². The normalized spacial score (nSPS) is 10.3. The SMILES string of the molecule is CC(=O)Nc1ccc(Nc2cncc(C(=O)Nc3c(C)cc(C)cc3C)c2)cc1. The Morgan fingerprint density at radius 1 is 0.793 bits per heavy atom. The van der Waals surface area contributed by atoms with Gasteiger partial charge >= 0.3 is 0 Å². The van der Waals surface area contributed by atoms with Gasteiger partial charge in [-0.3, -0.25) is 14.6 Å². The molecule has 0 unspecified atom stereocenters. The molecule has 148 valence electrons. The molecular weight excluding hydrogens is 364 g/mol. The Balaban J connectivity index is 1.74. The summed E-state index contributed by atoms with van der Waals surface area (Å²) in [4.78, 5) is 28.0. The van der Waals surface area contributed by atoms with Gasteiger partial charge < -0.3 is 16.0 Å². The van der Waals surface area contributed by atoms with E-state index in [1.807, 2.05) is 45.0 Å². The van der Waals surface area contributed by atoms with Crippen molar-refractivity contribution in [3.8, 4) is 0 Å². The minimum atomic E-state index is -0.211. The average molecular weight is 388 g/mol. The Morgan fingerprint density at radius 3 is 2.03 bits per heavy atom. The van der Waals surface area contributed by atoms with Crippen LogP contribution >= 0.6 is 0 Å². The lowest BCUT2D eigenvalue weighted by atomic mass is 10.0. The Kier molecular flexibility index (Phi) is 5.93. The number of aryl methyl sites for hydroxylation is 3. The number of hydrogen-bond acceptors (Lipinski definition) is 4. The van der Waals surface area contributed by atoms with Crippen molar-refractivity contribution in [1.82, 2.24) is 4.98 Å². The van der Waals surface area contributed by atoms with Crippen LogP contribution in [0.2, 0.25) is 0 Å². The fourth-order valence-corrected chi connectivity index (χ4v) is 3.20. The number of aromatic nitrogens is 1. The predicted molar refractivity (Wildman–Crippen MR) is 117 cm³/mol. The maximum atomic E-state index is 12.7. The maximum absolute atomic E-state index is 12.7. The third kappa shape index (κ3) is 5.19. The largest absolute Gasteiger partial charge is 0.354 e. The minimum absolute atomic E-state index is 0.118. The highest BCUT2D eigenvalue weighted by Crippen LogP contribution is 2.24. The molecule has 1 aromatic heterocycles. The molecule has 6 heteroatoms. The number of hydrogen-bond donors (Lipinski definition) is 3. The second-order valence-electron chi connectivity index (χ2n) is 7.07. The summed E-state index contributed by atoms with van der Waals surface area (Å²) < 4.78 is 0. The molecule has 0 saturated carbocycles. The lowest BCUT2D eigenvalue weighted by Gasteiger charge is -2.13. The van der Waals surface area contributed by atoms with Crippen LogP contribution in [-0.2, 0) is 4.79 Å². The van der Waals surface area contributed by atoms with Gasteiger partial charge in [0.15, 0.2) is 0 Å². The van der Waals surface area contributed by atoms with E-state index in [0.29, 0.717) is 11.3 Å². The smallest absolute Gasteiger partial charge is 0.257 e. The van der Waals surface area contributed by atoms with Crippen molar-refractivity contribution >= 4 is 34.6 Å². The van der Waals surface area contributed by atoms with Crippen LogP contribution in [0.1, 0.15) is 34.0 Å². The van der Waals surface area contributed by atoms with Crippen molar-refractivity contribution in [3.63, 3.8) is 0 Å². The zero-order chi connectivity index (χ0) is 21.0. The molecule has 2 aromatic carbocycles. The highest BCUT2D eigenvalue weighted by atomic mass is 16.2. The third-order valence-corrected chi connectivity index (χ3v) is 4.41. The van der Waals surface area contributed by atoms with Crippen LogP contribution in [0.25, 0.3) is 0 Å². The lowest BCUT2D eigenvalue weighted by Crippen LogP contribution is -2.14. The molecule has 0 bridgehead atoms. The Morgan fingerprint density at radius 2 is 1.41 bits per heavy atom. The van der Waals surface area contributed by atoms with Gasteiger partial charge in [-0.1, -0.05) is 17.7 Å². The van der Waals surface area contributed by atoms with Crippen LogP contribution in [-0.4, -0.2) is 16.8 Å². The summed E-state index contributed by atoms with van der Waals surface area (Å²) >= 11 is 0. The number of rotatable bonds is 5. The van der Waals surface area contributed by atoms with Gasteiger partial charge in [-0.05, 0) is 62.2 Å². The number of benzene rings is 2. The van der Waals surface area contributed by atoms with Crippen molar-refractivity contribution < 1.29 is 9.59 Å². The first kappa shape index (κ1) is 20.1. The Labute approximate surface area is 170 Å². The molecule has 0 aliphatic rings. The molecule has 0 atom stereocenters. The van der Waals surface area contributed by atoms with E-state index in [1.165, 1.54) is 6.92 Å². The summed E-state index contributed by atoms with van der Waals surface area (Å²) in [5.74, 6) is -0.329. The molecule has 0 aliphatic heterocycles. The van der Waals surface area contributed by atoms with Crippen LogP contribution in [0.5, 0.6) is 0 Å². The van der Waals surface area contributed by atoms with Crippen molar-refractivity contribution in [2.45, 2.75) is 27.7 Å². The second-order valence-corrected chi connectivity index (χ2v) is 7.07. The van der Waals surface area contributed by atoms with E-state index < -0.39 is 0 Å². The fraction of sp³-hybridized carbons (Fsp3) is 0.174. The number of amides is 2. The quantitative estimate of drug-likeness (QED) is 0.577. The summed E-state index contributed by atoms with van der Waals surface area (Å²) in [6.45, 7) is 7.47. The first-order valence-corrected chi connectivity index (χ1v) is 9.31. The van der Waals surface area contributed by atoms with E-state index in [9.17, 15) is 9.59 Å². The fourth-order valence-electron chi connectivity index (χ4n) is 3.20. The maximum Gasteiger partial charge on any atom is 0.257 e. The summed E-state index contributed by atoms with van der Waals surface area (Å²) in [5, 5.41) is 8.93. The molecule has 3 rings (SSSR count). The molecule has 0 fully saturated rings. The Hall–Kier alpha value is -3.67. The number of carbonyl (C=O) groups is 2. The van der Waals surface area contributed by atoms with Crippen molar-refractivity contribution in [1.29, 1.82) is 0 Å². The molecule has 6 nitrogen and oxygen atoms in total. The standard InChI is InChI=1S/C23H24N4O2/c1-14-9-15(2)22(16(3)10-14)27-23(29)18-11-21(13-24-12-18)26-20-7-5-19(6-8-20)25-17(4)28/h5-13,26H,1-4H3,(H,25,28)(H,27,29). The lowest BCUT2D eigenvalue weighted by molar-refractivity contribution is -0.114. The first-order valence-electron chi connectivity index (χ1n) is 9.31. The molecule has 0 radical (unpaired) electrons. The Bertz CT molecular complexity index is 1040. The summed E-state index contributed by atoms with van der Waals surface area (Å²) in [6.07, 6.45) is 3.19. The minimum Gasteiger partial charge on any atom is -0.354 e. The van der Waals surface area contributed by atoms with Crippen LogP contribution in [0.4, 0.5) is 22.7 Å². The molecule has 0 spiro atoms. The van der Waals surface area contributed by atoms with Gasteiger partial charge in [0.2, 0.25) is 5.91 Å². The number of nitrogens with one attached hydrogen (secondary N) is 3. The van der Waals surface area contributed by atoms with Gasteiger partial charge in [0.25, 0.3) is 5.91 Å². The van der Waals surface area contributed by atoms with E-state index in [0.717, 1.165) is 33.8 Å². The molecule has 3 aromatic rings. The van der Waals surface area contributed by atoms with Crippen molar-refractivity contribution in [3.05, 3.63) is 77.1 Å². The molecule has 1 heterocycles. The van der Waals surface area contributed by atoms with Crippen LogP contribution in [0.3, 0.4) is 0 Å². The average Bonchev–Trinajstić information content (AvgIpc) is 2.66. The van der Waals surface area contributed by atoms with Crippen LogP contribution in [0, 0.1) is 20.8 Å². The van der Waals surface area contributed by atoms with Gasteiger partial charge in [0, 0.05) is 30.2 Å². The van der Waals surface area contributed by atoms with Crippen LogP contribution < -0.4 is 16.0 Å². The van der Waals surface area contributed by atoms with Gasteiger partial charge in [-0.2, -0.15) is 0 Å².